The predicted octanol–water partition coefficient (Wildman–Crippen LogP) is 6.10. The van der Waals surface area contributed by atoms with Crippen molar-refractivity contribution in [3.63, 3.8) is 0 Å². The molecule has 2 N–H and O–H groups in total. The largest absolute Gasteiger partial charge is 0.371 e. The number of nitrogens with zero attached hydrogens (tertiary/aromatic N) is 1. The molecule has 37 heavy (non-hydrogen) atoms. The molecule has 5 heteroatoms. The van der Waals surface area contributed by atoms with Gasteiger partial charge in [-0.2, -0.15) is 0 Å². The molecule has 0 spiro atoms. The van der Waals surface area contributed by atoms with Crippen molar-refractivity contribution in [3.05, 3.63) is 95.6 Å². The van der Waals surface area contributed by atoms with Gasteiger partial charge in [0.2, 0.25) is 5.91 Å². The van der Waals surface area contributed by atoms with Gasteiger partial charge in [0.25, 0.3) is 5.91 Å². The lowest BCUT2D eigenvalue weighted by molar-refractivity contribution is -0.116. The molecule has 0 aliphatic carbocycles. The first-order chi connectivity index (χ1) is 18.0. The molecular weight excluding hydrogens is 458 g/mol. The standard InChI is InChI=1S/C32H39N3O2/c1-24(2)23-33-32(37)29-22-28(34-31(36)16-13-25-9-5-3-6-10-25)14-15-30(29)35-19-17-27(18-20-35)21-26-11-7-4-8-12-26/h3-12,14-15,22,24,27H,13,16-21,23H2,1-2H3,(H,33,37)(H,34,36). The first kappa shape index (κ1) is 26.5. The molecular formula is C32H39N3O2. The first-order valence-corrected chi connectivity index (χ1v) is 13.5. The molecule has 0 radical (unpaired) electrons. The summed E-state index contributed by atoms with van der Waals surface area (Å²) < 4.78 is 0. The maximum absolute atomic E-state index is 13.2. The number of aryl methyl sites for hydroxylation is 1. The smallest absolute Gasteiger partial charge is 0.253 e. The first-order valence-electron chi connectivity index (χ1n) is 13.5. The van der Waals surface area contributed by atoms with Crippen molar-refractivity contribution in [3.8, 4) is 0 Å². The lowest BCUT2D eigenvalue weighted by atomic mass is 9.89. The van der Waals surface area contributed by atoms with E-state index in [0.29, 0.717) is 42.5 Å². The Hall–Kier alpha value is -3.60. The van der Waals surface area contributed by atoms with Gasteiger partial charge in [0.15, 0.2) is 0 Å². The van der Waals surface area contributed by atoms with E-state index < -0.39 is 0 Å². The molecule has 194 valence electrons. The Kier molecular flexibility index (Phi) is 9.36. The summed E-state index contributed by atoms with van der Waals surface area (Å²) in [7, 11) is 0. The molecule has 1 heterocycles. The van der Waals surface area contributed by atoms with E-state index in [1.807, 2.05) is 48.5 Å². The molecule has 0 unspecified atom stereocenters. The van der Waals surface area contributed by atoms with Crippen molar-refractivity contribution < 1.29 is 9.59 Å². The molecule has 1 saturated heterocycles. The Bertz CT molecular complexity index is 1150. The van der Waals surface area contributed by atoms with E-state index in [0.717, 1.165) is 43.6 Å². The summed E-state index contributed by atoms with van der Waals surface area (Å²) in [5, 5.41) is 6.07. The number of benzene rings is 3. The van der Waals surface area contributed by atoms with Crippen LogP contribution in [0.15, 0.2) is 78.9 Å². The Balaban J connectivity index is 1.43. The van der Waals surface area contributed by atoms with E-state index >= 15 is 0 Å². The van der Waals surface area contributed by atoms with E-state index in [9.17, 15) is 9.59 Å². The highest BCUT2D eigenvalue weighted by Gasteiger charge is 2.24. The number of carbonyl (C=O) groups excluding carboxylic acids is 2. The van der Waals surface area contributed by atoms with Crippen LogP contribution in [-0.4, -0.2) is 31.4 Å². The summed E-state index contributed by atoms with van der Waals surface area (Å²) in [6, 6.07) is 26.4. The highest BCUT2D eigenvalue weighted by Crippen LogP contribution is 2.30. The van der Waals surface area contributed by atoms with Crippen molar-refractivity contribution in [2.75, 3.05) is 29.9 Å². The topological polar surface area (TPSA) is 61.4 Å². The lowest BCUT2D eigenvalue weighted by Gasteiger charge is -2.35. The SMILES string of the molecule is CC(C)CNC(=O)c1cc(NC(=O)CCc2ccccc2)ccc1N1CCC(Cc2ccccc2)CC1. The molecule has 5 nitrogen and oxygen atoms in total. The van der Waals surface area contributed by atoms with E-state index in [4.69, 9.17) is 0 Å². The monoisotopic (exact) mass is 497 g/mol. The number of nitrogens with one attached hydrogen (secondary N) is 2. The van der Waals surface area contributed by atoms with Crippen LogP contribution in [0.25, 0.3) is 0 Å². The van der Waals surface area contributed by atoms with Gasteiger partial charge in [-0.1, -0.05) is 74.5 Å². The van der Waals surface area contributed by atoms with Gasteiger partial charge in [0.05, 0.1) is 5.56 Å². The van der Waals surface area contributed by atoms with Gasteiger partial charge in [-0.3, -0.25) is 9.59 Å². The minimum atomic E-state index is -0.0875. The number of hydrogen-bond acceptors (Lipinski definition) is 3. The Morgan fingerprint density at radius 3 is 2.19 bits per heavy atom. The van der Waals surface area contributed by atoms with Gasteiger partial charge < -0.3 is 15.5 Å². The number of hydrogen-bond donors (Lipinski definition) is 2. The van der Waals surface area contributed by atoms with Crippen LogP contribution in [-0.2, 0) is 17.6 Å². The summed E-state index contributed by atoms with van der Waals surface area (Å²) in [5.74, 6) is 0.879. The van der Waals surface area contributed by atoms with Crippen LogP contribution in [0.3, 0.4) is 0 Å². The number of rotatable bonds is 10. The van der Waals surface area contributed by atoms with Gasteiger partial charge in [0.1, 0.15) is 0 Å². The second kappa shape index (κ2) is 13.1. The molecule has 3 aromatic rings. The molecule has 0 saturated carbocycles. The van der Waals surface area contributed by atoms with Crippen LogP contribution < -0.4 is 15.5 Å². The van der Waals surface area contributed by atoms with Crippen LogP contribution in [0.1, 0.15) is 54.6 Å². The highest BCUT2D eigenvalue weighted by atomic mass is 16.2. The maximum Gasteiger partial charge on any atom is 0.253 e. The van der Waals surface area contributed by atoms with Crippen LogP contribution in [0.2, 0.25) is 0 Å². The third kappa shape index (κ3) is 7.94. The van der Waals surface area contributed by atoms with Gasteiger partial charge in [-0.15, -0.1) is 0 Å². The Labute approximate surface area is 221 Å². The second-order valence-electron chi connectivity index (χ2n) is 10.5. The van der Waals surface area contributed by atoms with Crippen LogP contribution in [0.5, 0.6) is 0 Å². The van der Waals surface area contributed by atoms with Crippen molar-refractivity contribution >= 4 is 23.2 Å². The summed E-state index contributed by atoms with van der Waals surface area (Å²) >= 11 is 0. The lowest BCUT2D eigenvalue weighted by Crippen LogP contribution is -2.36. The molecule has 0 bridgehead atoms. The molecule has 3 aromatic carbocycles. The summed E-state index contributed by atoms with van der Waals surface area (Å²) in [6.07, 6.45) is 4.38. The zero-order valence-corrected chi connectivity index (χ0v) is 22.1. The number of piperidine rings is 1. The minimum absolute atomic E-state index is 0.0492. The maximum atomic E-state index is 13.2. The van der Waals surface area contributed by atoms with Crippen LogP contribution in [0, 0.1) is 11.8 Å². The Morgan fingerprint density at radius 1 is 0.892 bits per heavy atom. The number of amides is 2. The fourth-order valence-electron chi connectivity index (χ4n) is 4.91. The number of carbonyl (C=O) groups is 2. The van der Waals surface area contributed by atoms with Crippen molar-refractivity contribution in [1.82, 2.24) is 5.32 Å². The van der Waals surface area contributed by atoms with Crippen molar-refractivity contribution in [2.24, 2.45) is 11.8 Å². The van der Waals surface area contributed by atoms with E-state index in [1.54, 1.807) is 0 Å². The molecule has 1 fully saturated rings. The molecule has 0 atom stereocenters. The van der Waals surface area contributed by atoms with Crippen LogP contribution in [0.4, 0.5) is 11.4 Å². The van der Waals surface area contributed by atoms with Crippen molar-refractivity contribution in [1.29, 1.82) is 0 Å². The van der Waals surface area contributed by atoms with E-state index in [1.165, 1.54) is 5.56 Å². The summed E-state index contributed by atoms with van der Waals surface area (Å²) in [6.45, 7) is 6.63. The summed E-state index contributed by atoms with van der Waals surface area (Å²) in [5.41, 5.74) is 4.76. The average Bonchev–Trinajstić information content (AvgIpc) is 2.92. The quantitative estimate of drug-likeness (QED) is 0.356. The molecule has 4 rings (SSSR count). The zero-order chi connectivity index (χ0) is 26.0. The second-order valence-corrected chi connectivity index (χ2v) is 10.5. The molecule has 1 aliphatic rings. The van der Waals surface area contributed by atoms with Crippen LogP contribution >= 0.6 is 0 Å². The van der Waals surface area contributed by atoms with Crippen molar-refractivity contribution in [2.45, 2.75) is 46.0 Å². The third-order valence-corrected chi connectivity index (χ3v) is 7.00. The molecule has 1 aliphatic heterocycles. The van der Waals surface area contributed by atoms with Gasteiger partial charge in [0, 0.05) is 37.4 Å². The van der Waals surface area contributed by atoms with E-state index in [-0.39, 0.29) is 11.8 Å². The Morgan fingerprint density at radius 2 is 1.54 bits per heavy atom. The van der Waals surface area contributed by atoms with Gasteiger partial charge in [-0.05, 0) is 66.8 Å². The highest BCUT2D eigenvalue weighted by molar-refractivity contribution is 6.02. The minimum Gasteiger partial charge on any atom is -0.371 e. The number of anilines is 2. The zero-order valence-electron chi connectivity index (χ0n) is 22.1. The normalized spacial score (nSPS) is 14.0. The molecule has 0 aromatic heterocycles. The van der Waals surface area contributed by atoms with Gasteiger partial charge in [-0.25, -0.2) is 0 Å². The van der Waals surface area contributed by atoms with E-state index in [2.05, 4.69) is 59.7 Å². The summed E-state index contributed by atoms with van der Waals surface area (Å²) in [4.78, 5) is 28.2. The fraction of sp³-hybridized carbons (Fsp3) is 0.375. The molecule has 2 amide bonds. The third-order valence-electron chi connectivity index (χ3n) is 7.00. The average molecular weight is 498 g/mol. The van der Waals surface area contributed by atoms with Gasteiger partial charge >= 0.3 is 0 Å². The fourth-order valence-corrected chi connectivity index (χ4v) is 4.91. The predicted molar refractivity (Wildman–Crippen MR) is 152 cm³/mol.